The molecule has 0 aliphatic carbocycles. The first-order valence-corrected chi connectivity index (χ1v) is 6.97. The lowest BCUT2D eigenvalue weighted by molar-refractivity contribution is 0.0229. The molecule has 1 fully saturated rings. The summed E-state index contributed by atoms with van der Waals surface area (Å²) < 4.78 is 5.44. The van der Waals surface area contributed by atoms with Crippen molar-refractivity contribution >= 4 is 12.1 Å². The summed E-state index contributed by atoms with van der Waals surface area (Å²) in [7, 11) is 0. The number of likely N-dealkylation sites (tertiary alicyclic amines) is 1. The molecule has 0 aromatic carbocycles. The molecule has 1 amide bonds. The van der Waals surface area contributed by atoms with Crippen LogP contribution in [0, 0.1) is 0 Å². The van der Waals surface area contributed by atoms with Gasteiger partial charge in [-0.3, -0.25) is 4.99 Å². The Morgan fingerprint density at radius 1 is 1.58 bits per heavy atom. The highest BCUT2D eigenvalue weighted by Crippen LogP contribution is 2.20. The number of nitrogens with zero attached hydrogens (tertiary/aromatic N) is 2. The minimum Gasteiger partial charge on any atom is -0.444 e. The molecule has 0 aromatic rings. The highest BCUT2D eigenvalue weighted by atomic mass is 16.6. The van der Waals surface area contributed by atoms with E-state index < -0.39 is 5.60 Å². The maximum atomic E-state index is 12.1. The Kier molecular flexibility index (Phi) is 4.17. The molecular weight excluding hydrogens is 244 g/mol. The third kappa shape index (κ3) is 4.01. The number of hydrogen-bond acceptors (Lipinski definition) is 5. The monoisotopic (exact) mass is 268 g/mol. The van der Waals surface area contributed by atoms with Gasteiger partial charge in [-0.15, -0.1) is 0 Å². The van der Waals surface area contributed by atoms with E-state index in [4.69, 9.17) is 4.74 Å². The van der Waals surface area contributed by atoms with Crippen molar-refractivity contribution in [1.29, 1.82) is 0 Å². The normalized spacial score (nSPS) is 23.0. The third-order valence-electron chi connectivity index (χ3n) is 3.18. The minimum atomic E-state index is -0.436. The second kappa shape index (κ2) is 5.67. The molecule has 2 rings (SSSR count). The standard InChI is InChI=1S/C13H24N4O2/c1-13(2,3)19-12(18)17-8-4-5-10(17)9-16-11-14-6-7-15-11/h10H,4-9H2,1-3H3,(H2,14,15,16). The molecule has 2 heterocycles. The van der Waals surface area contributed by atoms with Gasteiger partial charge in [0.15, 0.2) is 5.96 Å². The molecule has 2 aliphatic rings. The van der Waals surface area contributed by atoms with Crippen LogP contribution in [-0.2, 0) is 4.74 Å². The number of carbonyl (C=O) groups excluding carboxylic acids is 1. The van der Waals surface area contributed by atoms with Crippen molar-refractivity contribution in [3.63, 3.8) is 0 Å². The van der Waals surface area contributed by atoms with Crippen molar-refractivity contribution in [3.8, 4) is 0 Å². The third-order valence-corrected chi connectivity index (χ3v) is 3.18. The van der Waals surface area contributed by atoms with Gasteiger partial charge in [-0.05, 0) is 33.6 Å². The molecule has 0 saturated carbocycles. The van der Waals surface area contributed by atoms with E-state index in [9.17, 15) is 4.79 Å². The van der Waals surface area contributed by atoms with Crippen LogP contribution in [-0.4, -0.2) is 54.8 Å². The minimum absolute atomic E-state index is 0.194. The van der Waals surface area contributed by atoms with Crippen LogP contribution in [0.1, 0.15) is 33.6 Å². The number of hydrogen-bond donors (Lipinski definition) is 2. The Morgan fingerprint density at radius 3 is 3.00 bits per heavy atom. The van der Waals surface area contributed by atoms with Gasteiger partial charge in [0.25, 0.3) is 0 Å². The molecule has 0 spiro atoms. The first-order valence-electron chi connectivity index (χ1n) is 6.97. The van der Waals surface area contributed by atoms with Crippen LogP contribution in [0.4, 0.5) is 4.79 Å². The zero-order valence-electron chi connectivity index (χ0n) is 12.0. The smallest absolute Gasteiger partial charge is 0.410 e. The fraction of sp³-hybridized carbons (Fsp3) is 0.846. The summed E-state index contributed by atoms with van der Waals surface area (Å²) in [5.74, 6) is 0.844. The van der Waals surface area contributed by atoms with Crippen molar-refractivity contribution in [1.82, 2.24) is 15.5 Å². The topological polar surface area (TPSA) is 66.0 Å². The van der Waals surface area contributed by atoms with Crippen LogP contribution in [0.5, 0.6) is 0 Å². The zero-order valence-corrected chi connectivity index (χ0v) is 12.0. The Labute approximate surface area is 114 Å². The number of guanidine groups is 1. The maximum Gasteiger partial charge on any atom is 0.410 e. The fourth-order valence-corrected chi connectivity index (χ4v) is 2.34. The lowest BCUT2D eigenvalue weighted by atomic mass is 10.2. The van der Waals surface area contributed by atoms with Gasteiger partial charge in [-0.25, -0.2) is 4.79 Å². The molecule has 0 aromatic heterocycles. The lowest BCUT2D eigenvalue weighted by Gasteiger charge is -2.28. The number of rotatable bonds is 2. The summed E-state index contributed by atoms with van der Waals surface area (Å²) in [6.07, 6.45) is 1.84. The van der Waals surface area contributed by atoms with Crippen LogP contribution < -0.4 is 10.6 Å². The Hall–Kier alpha value is -1.46. The Balaban J connectivity index is 1.84. The molecule has 0 radical (unpaired) electrons. The maximum absolute atomic E-state index is 12.1. The van der Waals surface area contributed by atoms with Gasteiger partial charge >= 0.3 is 6.09 Å². The summed E-state index contributed by atoms with van der Waals surface area (Å²) in [6, 6.07) is 0.194. The number of ether oxygens (including phenoxy) is 1. The van der Waals surface area contributed by atoms with Crippen LogP contribution in [0.2, 0.25) is 0 Å². The van der Waals surface area contributed by atoms with Crippen molar-refractivity contribution in [2.24, 2.45) is 4.99 Å². The molecule has 1 atom stereocenters. The van der Waals surface area contributed by atoms with E-state index in [1.54, 1.807) is 0 Å². The summed E-state index contributed by atoms with van der Waals surface area (Å²) in [4.78, 5) is 18.2. The van der Waals surface area contributed by atoms with Gasteiger partial charge in [0.1, 0.15) is 5.60 Å². The summed E-state index contributed by atoms with van der Waals surface area (Å²) in [5, 5.41) is 6.43. The van der Waals surface area contributed by atoms with Gasteiger partial charge in [0.05, 0.1) is 12.6 Å². The number of nitrogens with one attached hydrogen (secondary N) is 2. The van der Waals surface area contributed by atoms with Crippen molar-refractivity contribution in [2.75, 3.05) is 26.2 Å². The molecule has 6 heteroatoms. The van der Waals surface area contributed by atoms with E-state index >= 15 is 0 Å². The van der Waals surface area contributed by atoms with Crippen LogP contribution >= 0.6 is 0 Å². The van der Waals surface area contributed by atoms with Crippen molar-refractivity contribution in [2.45, 2.75) is 45.3 Å². The van der Waals surface area contributed by atoms with E-state index in [1.807, 2.05) is 25.7 Å². The Bertz CT molecular complexity index is 362. The zero-order chi connectivity index (χ0) is 13.9. The summed E-state index contributed by atoms with van der Waals surface area (Å²) in [5.41, 5.74) is -0.436. The van der Waals surface area contributed by atoms with Crippen molar-refractivity contribution in [3.05, 3.63) is 0 Å². The molecule has 19 heavy (non-hydrogen) atoms. The summed E-state index contributed by atoms with van der Waals surface area (Å²) >= 11 is 0. The Morgan fingerprint density at radius 2 is 2.37 bits per heavy atom. The van der Waals surface area contributed by atoms with Gasteiger partial charge in [-0.2, -0.15) is 0 Å². The van der Waals surface area contributed by atoms with Gasteiger partial charge < -0.3 is 20.3 Å². The second-order valence-electron chi connectivity index (χ2n) is 6.01. The van der Waals surface area contributed by atoms with E-state index in [1.165, 1.54) is 0 Å². The molecule has 1 saturated heterocycles. The average molecular weight is 268 g/mol. The first kappa shape index (κ1) is 14.0. The largest absolute Gasteiger partial charge is 0.444 e. The van der Waals surface area contributed by atoms with Crippen molar-refractivity contribution < 1.29 is 9.53 Å². The van der Waals surface area contributed by atoms with E-state index in [0.717, 1.165) is 45.0 Å². The lowest BCUT2D eigenvalue weighted by Crippen LogP contribution is -2.46. The average Bonchev–Trinajstić information content (AvgIpc) is 2.95. The SMILES string of the molecule is CC(C)(C)OC(=O)N1CCCC1CNC1=NCCN1. The second-order valence-corrected chi connectivity index (χ2v) is 6.01. The molecule has 108 valence electrons. The molecular formula is C13H24N4O2. The van der Waals surface area contributed by atoms with Gasteiger partial charge in [-0.1, -0.05) is 0 Å². The quantitative estimate of drug-likeness (QED) is 0.782. The predicted molar refractivity (Wildman–Crippen MR) is 74.3 cm³/mol. The number of carbonyl (C=O) groups is 1. The number of amides is 1. The van der Waals surface area contributed by atoms with E-state index in [0.29, 0.717) is 0 Å². The summed E-state index contributed by atoms with van der Waals surface area (Å²) in [6.45, 7) is 8.90. The molecule has 0 bridgehead atoms. The molecule has 2 N–H and O–H groups in total. The van der Waals surface area contributed by atoms with Gasteiger partial charge in [0.2, 0.25) is 0 Å². The highest BCUT2D eigenvalue weighted by molar-refractivity contribution is 5.81. The molecule has 6 nitrogen and oxygen atoms in total. The fourth-order valence-electron chi connectivity index (χ4n) is 2.34. The molecule has 1 unspecified atom stereocenters. The van der Waals surface area contributed by atoms with Gasteiger partial charge in [0, 0.05) is 19.6 Å². The highest BCUT2D eigenvalue weighted by Gasteiger charge is 2.32. The van der Waals surface area contributed by atoms with Crippen LogP contribution in [0.3, 0.4) is 0 Å². The van der Waals surface area contributed by atoms with Crippen LogP contribution in [0.15, 0.2) is 4.99 Å². The molecule has 2 aliphatic heterocycles. The van der Waals surface area contributed by atoms with E-state index in [2.05, 4.69) is 15.6 Å². The van der Waals surface area contributed by atoms with E-state index in [-0.39, 0.29) is 12.1 Å². The first-order chi connectivity index (χ1) is 8.96. The van der Waals surface area contributed by atoms with Crippen LogP contribution in [0.25, 0.3) is 0 Å². The predicted octanol–water partition coefficient (Wildman–Crippen LogP) is 0.935. The number of aliphatic imine (C=N–C) groups is 1.